The van der Waals surface area contributed by atoms with Crippen molar-refractivity contribution in [2.75, 3.05) is 6.61 Å². The maximum Gasteiger partial charge on any atom is 0.201 e. The van der Waals surface area contributed by atoms with Crippen molar-refractivity contribution >= 4 is 5.57 Å². The lowest BCUT2D eigenvalue weighted by Gasteiger charge is -2.15. The molecule has 0 saturated carbocycles. The van der Waals surface area contributed by atoms with Crippen molar-refractivity contribution in [1.82, 2.24) is 0 Å². The van der Waals surface area contributed by atoms with E-state index in [0.717, 1.165) is 36.8 Å². The molecule has 0 fully saturated rings. The summed E-state index contributed by atoms with van der Waals surface area (Å²) in [4.78, 5) is 0. The average Bonchev–Trinajstić information content (AvgIpc) is 2.84. The third-order valence-corrected chi connectivity index (χ3v) is 6.09. The first kappa shape index (κ1) is 23.1. The van der Waals surface area contributed by atoms with Crippen LogP contribution in [0.3, 0.4) is 0 Å². The predicted octanol–water partition coefficient (Wildman–Crippen LogP) is 8.05. The number of hydrogen-bond donors (Lipinski definition) is 0. The number of halogens is 4. The van der Waals surface area contributed by atoms with E-state index in [2.05, 4.69) is 0 Å². The van der Waals surface area contributed by atoms with Gasteiger partial charge in [0.1, 0.15) is 0 Å². The molecule has 0 radical (unpaired) electrons. The Morgan fingerprint density at radius 2 is 1.45 bits per heavy atom. The van der Waals surface area contributed by atoms with Gasteiger partial charge in [-0.25, -0.2) is 13.2 Å². The number of rotatable bonds is 7. The van der Waals surface area contributed by atoms with Crippen molar-refractivity contribution in [2.45, 2.75) is 45.4 Å². The van der Waals surface area contributed by atoms with E-state index in [4.69, 9.17) is 4.74 Å². The van der Waals surface area contributed by atoms with E-state index in [0.29, 0.717) is 29.5 Å². The molecule has 0 unspecified atom stereocenters. The van der Waals surface area contributed by atoms with E-state index >= 15 is 0 Å². The maximum absolute atomic E-state index is 14.7. The van der Waals surface area contributed by atoms with E-state index in [9.17, 15) is 17.6 Å². The highest BCUT2D eigenvalue weighted by Crippen LogP contribution is 2.32. The smallest absolute Gasteiger partial charge is 0.201 e. The van der Waals surface area contributed by atoms with Gasteiger partial charge >= 0.3 is 0 Å². The fourth-order valence-electron chi connectivity index (χ4n) is 4.26. The van der Waals surface area contributed by atoms with Gasteiger partial charge < -0.3 is 4.74 Å². The summed E-state index contributed by atoms with van der Waals surface area (Å²) in [6.45, 7) is 1.95. The lowest BCUT2D eigenvalue weighted by molar-refractivity contribution is 0.314. The molecule has 0 N–H and O–H groups in total. The number of hydrogen-bond acceptors (Lipinski definition) is 1. The van der Waals surface area contributed by atoms with Gasteiger partial charge in [-0.2, -0.15) is 4.39 Å². The molecule has 1 aliphatic carbocycles. The molecule has 0 heterocycles. The minimum Gasteiger partial charge on any atom is -0.491 e. The van der Waals surface area contributed by atoms with Crippen LogP contribution in [0, 0.1) is 23.3 Å². The van der Waals surface area contributed by atoms with Crippen molar-refractivity contribution < 1.29 is 22.3 Å². The standard InChI is InChI=1S/C28H26F4O/c1-2-33-24-17-16-23(27(31)28(24)32)20-11-8-18(9-12-20)10-13-21-14-15-22(26(30)25(21)29)19-6-4-3-5-7-19/h6,8-9,11-12,14-17H,2-5,7,10,13H2,1H3. The van der Waals surface area contributed by atoms with E-state index in [1.54, 1.807) is 43.3 Å². The molecule has 0 saturated heterocycles. The fourth-order valence-corrected chi connectivity index (χ4v) is 4.26. The minimum absolute atomic E-state index is 0.115. The molecule has 172 valence electrons. The molecule has 33 heavy (non-hydrogen) atoms. The number of benzene rings is 3. The first-order valence-electron chi connectivity index (χ1n) is 11.4. The second-order valence-corrected chi connectivity index (χ2v) is 8.24. The number of aryl methyl sites for hydroxylation is 2. The molecule has 0 aliphatic heterocycles. The van der Waals surface area contributed by atoms with Crippen LogP contribution in [0.1, 0.15) is 49.3 Å². The quantitative estimate of drug-likeness (QED) is 0.328. The van der Waals surface area contributed by atoms with E-state index in [-0.39, 0.29) is 17.9 Å². The van der Waals surface area contributed by atoms with Gasteiger partial charge in [0.25, 0.3) is 0 Å². The van der Waals surface area contributed by atoms with Crippen LogP contribution in [0.2, 0.25) is 0 Å². The third kappa shape index (κ3) is 4.97. The van der Waals surface area contributed by atoms with Crippen molar-refractivity contribution in [3.8, 4) is 16.9 Å². The second kappa shape index (κ2) is 10.2. The summed E-state index contributed by atoms with van der Waals surface area (Å²) in [7, 11) is 0. The Labute approximate surface area is 191 Å². The number of ether oxygens (including phenoxy) is 1. The zero-order chi connectivity index (χ0) is 23.4. The van der Waals surface area contributed by atoms with Crippen molar-refractivity contribution in [1.29, 1.82) is 0 Å². The lowest BCUT2D eigenvalue weighted by atomic mass is 9.92. The van der Waals surface area contributed by atoms with E-state index < -0.39 is 23.3 Å². The van der Waals surface area contributed by atoms with Crippen LogP contribution >= 0.6 is 0 Å². The largest absolute Gasteiger partial charge is 0.491 e. The summed E-state index contributed by atoms with van der Waals surface area (Å²) in [5, 5.41) is 0. The SMILES string of the molecule is CCOc1ccc(-c2ccc(CCc3ccc(C4=CCCCC4)c(F)c3F)cc2)c(F)c1F. The van der Waals surface area contributed by atoms with Gasteiger partial charge in [0.15, 0.2) is 23.2 Å². The predicted molar refractivity (Wildman–Crippen MR) is 123 cm³/mol. The zero-order valence-corrected chi connectivity index (χ0v) is 18.6. The molecular weight excluding hydrogens is 428 g/mol. The molecule has 1 aliphatic rings. The highest BCUT2D eigenvalue weighted by Gasteiger charge is 2.18. The van der Waals surface area contributed by atoms with Gasteiger partial charge in [-0.1, -0.05) is 42.5 Å². The molecular formula is C28H26F4O. The van der Waals surface area contributed by atoms with Crippen LogP contribution in [-0.2, 0) is 12.8 Å². The Balaban J connectivity index is 1.47. The van der Waals surface area contributed by atoms with Crippen LogP contribution in [-0.4, -0.2) is 6.61 Å². The lowest BCUT2D eigenvalue weighted by Crippen LogP contribution is -2.03. The summed E-state index contributed by atoms with van der Waals surface area (Å²) in [5.74, 6) is -3.65. The first-order chi connectivity index (χ1) is 16.0. The summed E-state index contributed by atoms with van der Waals surface area (Å²) in [6, 6.07) is 13.2. The Bertz CT molecular complexity index is 1170. The van der Waals surface area contributed by atoms with Gasteiger partial charge in [0.05, 0.1) is 6.61 Å². The molecule has 3 aromatic carbocycles. The molecule has 0 spiro atoms. The summed E-state index contributed by atoms with van der Waals surface area (Å²) >= 11 is 0. The van der Waals surface area contributed by atoms with E-state index in [1.165, 1.54) is 12.1 Å². The van der Waals surface area contributed by atoms with Gasteiger partial charge in [-0.15, -0.1) is 0 Å². The van der Waals surface area contributed by atoms with Gasteiger partial charge in [-0.05, 0) is 79.8 Å². The minimum atomic E-state index is -1.01. The Kier molecular flexibility index (Phi) is 7.17. The van der Waals surface area contributed by atoms with Crippen LogP contribution in [0.25, 0.3) is 16.7 Å². The molecule has 0 bridgehead atoms. The Hall–Kier alpha value is -3.08. The third-order valence-electron chi connectivity index (χ3n) is 6.09. The van der Waals surface area contributed by atoms with Crippen molar-refractivity contribution in [3.63, 3.8) is 0 Å². The van der Waals surface area contributed by atoms with E-state index in [1.807, 2.05) is 6.08 Å². The zero-order valence-electron chi connectivity index (χ0n) is 18.6. The fraction of sp³-hybridized carbons (Fsp3) is 0.286. The monoisotopic (exact) mass is 454 g/mol. The van der Waals surface area contributed by atoms with Crippen LogP contribution in [0.4, 0.5) is 17.6 Å². The highest BCUT2D eigenvalue weighted by molar-refractivity contribution is 5.67. The topological polar surface area (TPSA) is 9.23 Å². The van der Waals surface area contributed by atoms with Gasteiger partial charge in [0, 0.05) is 11.1 Å². The average molecular weight is 455 g/mol. The molecule has 0 amide bonds. The second-order valence-electron chi connectivity index (χ2n) is 8.24. The molecule has 5 heteroatoms. The van der Waals surface area contributed by atoms with Crippen LogP contribution in [0.15, 0.2) is 54.6 Å². The summed E-state index contributed by atoms with van der Waals surface area (Å²) in [5.41, 5.74) is 3.15. The molecule has 3 aromatic rings. The van der Waals surface area contributed by atoms with Gasteiger partial charge in [0.2, 0.25) is 5.82 Å². The molecule has 0 atom stereocenters. The van der Waals surface area contributed by atoms with Gasteiger partial charge in [-0.3, -0.25) is 0 Å². The molecule has 4 rings (SSSR count). The Morgan fingerprint density at radius 3 is 2.15 bits per heavy atom. The van der Waals surface area contributed by atoms with Crippen molar-refractivity contribution in [2.24, 2.45) is 0 Å². The molecule has 0 aromatic heterocycles. The van der Waals surface area contributed by atoms with Crippen LogP contribution < -0.4 is 4.74 Å². The highest BCUT2D eigenvalue weighted by atomic mass is 19.2. The molecule has 1 nitrogen and oxygen atoms in total. The number of allylic oxidation sites excluding steroid dienone is 2. The summed E-state index contributed by atoms with van der Waals surface area (Å²) in [6.07, 6.45) is 6.61. The summed E-state index contributed by atoms with van der Waals surface area (Å²) < 4.78 is 63.1. The normalized spacial score (nSPS) is 13.7. The maximum atomic E-state index is 14.7. The van der Waals surface area contributed by atoms with Crippen LogP contribution in [0.5, 0.6) is 5.75 Å². The first-order valence-corrected chi connectivity index (χ1v) is 11.4. The van der Waals surface area contributed by atoms with Crippen molar-refractivity contribution in [3.05, 3.63) is 94.6 Å². The Morgan fingerprint density at radius 1 is 0.727 bits per heavy atom.